The predicted octanol–water partition coefficient (Wildman–Crippen LogP) is 1.33. The summed E-state index contributed by atoms with van der Waals surface area (Å²) in [6, 6.07) is 7.64. The van der Waals surface area contributed by atoms with Crippen LogP contribution in [0.25, 0.3) is 0 Å². The van der Waals surface area contributed by atoms with E-state index in [1.807, 2.05) is 24.3 Å². The summed E-state index contributed by atoms with van der Waals surface area (Å²) in [7, 11) is 1.62. The van der Waals surface area contributed by atoms with Gasteiger partial charge in [-0.25, -0.2) is 0 Å². The second kappa shape index (κ2) is 4.69. The molecule has 88 valence electrons. The first kappa shape index (κ1) is 11.2. The van der Waals surface area contributed by atoms with Crippen molar-refractivity contribution >= 4 is 12.1 Å². The van der Waals surface area contributed by atoms with Crippen molar-refractivity contribution in [3.8, 4) is 5.75 Å². The van der Waals surface area contributed by atoms with Gasteiger partial charge in [0.05, 0.1) is 19.2 Å². The van der Waals surface area contributed by atoms with Crippen molar-refractivity contribution in [2.75, 3.05) is 12.8 Å². The van der Waals surface area contributed by atoms with Gasteiger partial charge in [-0.2, -0.15) is 5.10 Å². The fourth-order valence-electron chi connectivity index (χ4n) is 1.54. The van der Waals surface area contributed by atoms with Gasteiger partial charge < -0.3 is 10.5 Å². The summed E-state index contributed by atoms with van der Waals surface area (Å²) >= 11 is 0. The topological polar surface area (TPSA) is 70.1 Å². The monoisotopic (exact) mass is 231 g/mol. The Morgan fingerprint density at radius 3 is 2.65 bits per heavy atom. The molecule has 17 heavy (non-hydrogen) atoms. The van der Waals surface area contributed by atoms with E-state index in [2.05, 4.69) is 5.10 Å². The number of hydrogen-bond acceptors (Lipinski definition) is 4. The highest BCUT2D eigenvalue weighted by atomic mass is 16.5. The molecular formula is C12H13N3O2. The standard InChI is InChI=1S/C12H13N3O2/c1-17-11-4-2-9(3-5-11)6-15-7-10(8-16)12(13)14-15/h2-5,7-8H,6H2,1H3,(H2,13,14). The lowest BCUT2D eigenvalue weighted by Gasteiger charge is -2.03. The lowest BCUT2D eigenvalue weighted by molar-refractivity contribution is 0.112. The van der Waals surface area contributed by atoms with E-state index < -0.39 is 0 Å². The summed E-state index contributed by atoms with van der Waals surface area (Å²) in [4.78, 5) is 10.6. The Morgan fingerprint density at radius 2 is 2.12 bits per heavy atom. The highest BCUT2D eigenvalue weighted by Crippen LogP contribution is 2.13. The molecule has 0 bridgehead atoms. The summed E-state index contributed by atoms with van der Waals surface area (Å²) in [5.74, 6) is 1.07. The lowest BCUT2D eigenvalue weighted by atomic mass is 10.2. The molecule has 1 aromatic carbocycles. The minimum absolute atomic E-state index is 0.258. The fourth-order valence-corrected chi connectivity index (χ4v) is 1.54. The molecule has 2 aromatic rings. The number of ether oxygens (including phenoxy) is 1. The lowest BCUT2D eigenvalue weighted by Crippen LogP contribution is -2.00. The zero-order valence-electron chi connectivity index (χ0n) is 9.46. The SMILES string of the molecule is COc1ccc(Cn2cc(C=O)c(N)n2)cc1. The molecule has 0 aliphatic carbocycles. The zero-order valence-corrected chi connectivity index (χ0v) is 9.46. The van der Waals surface area contributed by atoms with E-state index in [9.17, 15) is 4.79 Å². The molecule has 0 spiro atoms. The smallest absolute Gasteiger partial charge is 0.156 e. The predicted molar refractivity (Wildman–Crippen MR) is 64.1 cm³/mol. The Bertz CT molecular complexity index is 517. The van der Waals surface area contributed by atoms with Gasteiger partial charge in [0.15, 0.2) is 12.1 Å². The van der Waals surface area contributed by atoms with Crippen LogP contribution in [0.4, 0.5) is 5.82 Å². The minimum Gasteiger partial charge on any atom is -0.497 e. The van der Waals surface area contributed by atoms with Crippen LogP contribution >= 0.6 is 0 Å². The van der Waals surface area contributed by atoms with Crippen LogP contribution in [0.1, 0.15) is 15.9 Å². The molecule has 2 rings (SSSR count). The van der Waals surface area contributed by atoms with E-state index in [0.717, 1.165) is 11.3 Å². The number of benzene rings is 1. The van der Waals surface area contributed by atoms with E-state index >= 15 is 0 Å². The number of carbonyl (C=O) groups is 1. The van der Waals surface area contributed by atoms with Crippen LogP contribution < -0.4 is 10.5 Å². The van der Waals surface area contributed by atoms with Crippen molar-refractivity contribution < 1.29 is 9.53 Å². The summed E-state index contributed by atoms with van der Waals surface area (Å²) in [5.41, 5.74) is 7.04. The average molecular weight is 231 g/mol. The molecule has 0 radical (unpaired) electrons. The Kier molecular flexibility index (Phi) is 3.09. The summed E-state index contributed by atoms with van der Waals surface area (Å²) in [6.45, 7) is 0.571. The highest BCUT2D eigenvalue weighted by Gasteiger charge is 2.04. The maximum Gasteiger partial charge on any atom is 0.156 e. The van der Waals surface area contributed by atoms with Crippen LogP contribution in [0.5, 0.6) is 5.75 Å². The summed E-state index contributed by atoms with van der Waals surface area (Å²) in [6.07, 6.45) is 2.33. The first-order chi connectivity index (χ1) is 8.22. The molecule has 0 aliphatic heterocycles. The van der Waals surface area contributed by atoms with Gasteiger partial charge in [0.2, 0.25) is 0 Å². The van der Waals surface area contributed by atoms with Crippen LogP contribution in [0.2, 0.25) is 0 Å². The van der Waals surface area contributed by atoms with Crippen LogP contribution in [0.3, 0.4) is 0 Å². The zero-order chi connectivity index (χ0) is 12.3. The normalized spacial score (nSPS) is 10.2. The van der Waals surface area contributed by atoms with Gasteiger partial charge in [0.1, 0.15) is 5.75 Å². The Morgan fingerprint density at radius 1 is 1.41 bits per heavy atom. The molecule has 0 saturated carbocycles. The molecule has 0 aliphatic rings. The third-order valence-corrected chi connectivity index (χ3v) is 2.45. The van der Waals surface area contributed by atoms with Crippen molar-refractivity contribution in [3.63, 3.8) is 0 Å². The van der Waals surface area contributed by atoms with Crippen molar-refractivity contribution in [1.82, 2.24) is 9.78 Å². The number of nitrogens with zero attached hydrogens (tertiary/aromatic N) is 2. The number of aldehydes is 1. The van der Waals surface area contributed by atoms with Crippen molar-refractivity contribution in [2.45, 2.75) is 6.54 Å². The number of carbonyl (C=O) groups excluding carboxylic acids is 1. The largest absolute Gasteiger partial charge is 0.497 e. The number of rotatable bonds is 4. The van der Waals surface area contributed by atoms with E-state index in [4.69, 9.17) is 10.5 Å². The molecule has 0 saturated heterocycles. The molecule has 5 nitrogen and oxygen atoms in total. The van der Waals surface area contributed by atoms with E-state index in [1.165, 1.54) is 0 Å². The van der Waals surface area contributed by atoms with E-state index in [-0.39, 0.29) is 5.82 Å². The van der Waals surface area contributed by atoms with Crippen molar-refractivity contribution in [3.05, 3.63) is 41.6 Å². The second-order valence-corrected chi connectivity index (χ2v) is 3.63. The van der Waals surface area contributed by atoms with Gasteiger partial charge in [-0.15, -0.1) is 0 Å². The second-order valence-electron chi connectivity index (χ2n) is 3.63. The van der Waals surface area contributed by atoms with Gasteiger partial charge in [-0.3, -0.25) is 9.48 Å². The number of nitrogens with two attached hydrogens (primary N) is 1. The molecule has 5 heteroatoms. The molecular weight excluding hydrogens is 218 g/mol. The Hall–Kier alpha value is -2.30. The first-order valence-electron chi connectivity index (χ1n) is 5.14. The first-order valence-corrected chi connectivity index (χ1v) is 5.14. The van der Waals surface area contributed by atoms with Crippen molar-refractivity contribution in [2.24, 2.45) is 0 Å². The van der Waals surface area contributed by atoms with Crippen LogP contribution in [0.15, 0.2) is 30.5 Å². The maximum atomic E-state index is 10.6. The molecule has 0 fully saturated rings. The average Bonchev–Trinajstić information content (AvgIpc) is 2.70. The third kappa shape index (κ3) is 2.44. The van der Waals surface area contributed by atoms with Crippen molar-refractivity contribution in [1.29, 1.82) is 0 Å². The van der Waals surface area contributed by atoms with Crippen LogP contribution in [0, 0.1) is 0 Å². The third-order valence-electron chi connectivity index (χ3n) is 2.45. The number of methoxy groups -OCH3 is 1. The van der Waals surface area contributed by atoms with Gasteiger partial charge >= 0.3 is 0 Å². The summed E-state index contributed by atoms with van der Waals surface area (Å²) < 4.78 is 6.71. The van der Waals surface area contributed by atoms with Gasteiger partial charge in [0.25, 0.3) is 0 Å². The molecule has 0 atom stereocenters. The Balaban J connectivity index is 2.16. The summed E-state index contributed by atoms with van der Waals surface area (Å²) in [5, 5.41) is 4.05. The van der Waals surface area contributed by atoms with Crippen LogP contribution in [-0.4, -0.2) is 23.2 Å². The molecule has 0 amide bonds. The number of nitrogen functional groups attached to an aromatic ring is 1. The fraction of sp³-hybridized carbons (Fsp3) is 0.167. The molecule has 1 heterocycles. The Labute approximate surface area is 98.8 Å². The van der Waals surface area contributed by atoms with E-state index in [0.29, 0.717) is 18.4 Å². The number of hydrogen-bond donors (Lipinski definition) is 1. The van der Waals surface area contributed by atoms with Crippen LogP contribution in [-0.2, 0) is 6.54 Å². The maximum absolute atomic E-state index is 10.6. The quantitative estimate of drug-likeness (QED) is 0.806. The number of anilines is 1. The number of aromatic nitrogens is 2. The van der Waals surface area contributed by atoms with Gasteiger partial charge in [-0.1, -0.05) is 12.1 Å². The molecule has 2 N–H and O–H groups in total. The minimum atomic E-state index is 0.258. The molecule has 1 aromatic heterocycles. The molecule has 0 unspecified atom stereocenters. The van der Waals surface area contributed by atoms with E-state index in [1.54, 1.807) is 18.0 Å². The highest BCUT2D eigenvalue weighted by molar-refractivity contribution is 5.81. The van der Waals surface area contributed by atoms with Gasteiger partial charge in [0, 0.05) is 6.20 Å². The van der Waals surface area contributed by atoms with Gasteiger partial charge in [-0.05, 0) is 17.7 Å².